The monoisotopic (exact) mass is 741 g/mol. The van der Waals surface area contributed by atoms with E-state index in [4.69, 9.17) is 70.7 Å². The first-order chi connectivity index (χ1) is 22.9. The fourth-order valence-electron chi connectivity index (χ4n) is 6.35. The van der Waals surface area contributed by atoms with E-state index in [-0.39, 0.29) is 10.0 Å². The number of halogens is 4. The second kappa shape index (κ2) is 12.3. The number of anilines is 1. The summed E-state index contributed by atoms with van der Waals surface area (Å²) in [6.07, 6.45) is -7.98. The molecular weight excluding hydrogens is 719 g/mol. The van der Waals surface area contributed by atoms with Crippen LogP contribution in [0.4, 0.5) is 14.5 Å². The number of fused-ring (bicyclic) bond motifs is 3. The van der Waals surface area contributed by atoms with Crippen LogP contribution in [-0.4, -0.2) is 90.8 Å². The maximum Gasteiger partial charge on any atom is 0.264 e. The van der Waals surface area contributed by atoms with Crippen molar-refractivity contribution in [3.63, 3.8) is 0 Å². The van der Waals surface area contributed by atoms with Gasteiger partial charge in [-0.1, -0.05) is 23.2 Å². The van der Waals surface area contributed by atoms with Crippen LogP contribution < -0.4 is 5.48 Å². The molecule has 0 saturated carbocycles. The zero-order chi connectivity index (χ0) is 33.5. The topological polar surface area (TPSA) is 146 Å². The third-order valence-electron chi connectivity index (χ3n) is 8.52. The summed E-state index contributed by atoms with van der Waals surface area (Å²) in [5.74, 6) is 0. The standard InChI is InChI=1S/C26H23B2Cl2F2N5O9P2/c27-47(38)42-9-18-23(21(32)26(44-18)37-10-34-15-5-12(29)13(30)6-16(15)37)46-48(28,39)41-8-17-22(45-47)20(31)25(43-17)36-7-11-2-4-40-35-14-1-3-33-24(36)19(11)14/h1,3,5-7,10,17-18,20-23,25-26,35H,2,4,8-9H2/t17-,18-,20+,21?,22?,23+,25-,26-,47?,48?/m1/s1. The Bertz CT molecular complexity index is 2010. The first-order valence-electron chi connectivity index (χ1n) is 14.6. The summed E-state index contributed by atoms with van der Waals surface area (Å²) in [6.45, 7) is -1.03. The molecular formula is C26H23B2Cl2F2N5O9P2. The Morgan fingerprint density at radius 2 is 1.54 bits per heavy atom. The third kappa shape index (κ3) is 5.82. The minimum atomic E-state index is -4.59. The van der Waals surface area contributed by atoms with Crippen molar-refractivity contribution in [2.75, 3.05) is 25.3 Å². The molecule has 3 fully saturated rings. The molecule has 4 unspecified atom stereocenters. The van der Waals surface area contributed by atoms with Gasteiger partial charge in [0.25, 0.3) is 14.9 Å². The van der Waals surface area contributed by atoms with E-state index in [2.05, 4.69) is 15.4 Å². The quantitative estimate of drug-likeness (QED) is 0.215. The van der Waals surface area contributed by atoms with Gasteiger partial charge in [-0.25, -0.2) is 18.7 Å². The van der Waals surface area contributed by atoms with Crippen LogP contribution in [0.3, 0.4) is 0 Å². The van der Waals surface area contributed by atoms with E-state index in [1.165, 1.54) is 33.8 Å². The highest BCUT2D eigenvalue weighted by molar-refractivity contribution is 7.79. The number of aromatic nitrogens is 4. The van der Waals surface area contributed by atoms with Crippen LogP contribution in [-0.2, 0) is 48.0 Å². The number of benzene rings is 1. The van der Waals surface area contributed by atoms with Crippen LogP contribution >= 0.6 is 38.2 Å². The van der Waals surface area contributed by atoms with Crippen molar-refractivity contribution in [1.29, 1.82) is 0 Å². The van der Waals surface area contributed by atoms with Gasteiger partial charge in [0.1, 0.15) is 30.1 Å². The Kier molecular flexibility index (Phi) is 8.49. The van der Waals surface area contributed by atoms with Crippen molar-refractivity contribution < 1.29 is 50.3 Å². The van der Waals surface area contributed by atoms with Gasteiger partial charge >= 0.3 is 0 Å². The molecule has 14 nitrogen and oxygen atoms in total. The lowest BCUT2D eigenvalue weighted by molar-refractivity contribution is -0.0546. The first-order valence-corrected chi connectivity index (χ1v) is 18.6. The molecule has 1 aromatic carbocycles. The summed E-state index contributed by atoms with van der Waals surface area (Å²) in [5, 5.41) is 1.11. The van der Waals surface area contributed by atoms with E-state index in [1.807, 2.05) is 0 Å². The molecule has 22 heteroatoms. The highest BCUT2D eigenvalue weighted by atomic mass is 35.5. The van der Waals surface area contributed by atoms with Crippen LogP contribution in [0.25, 0.3) is 22.1 Å². The molecule has 0 aliphatic carbocycles. The van der Waals surface area contributed by atoms with Gasteiger partial charge in [0.15, 0.2) is 24.8 Å². The molecule has 0 bridgehead atoms. The summed E-state index contributed by atoms with van der Waals surface area (Å²) < 4.78 is 95.7. The Hall–Kier alpha value is -2.07. The van der Waals surface area contributed by atoms with Crippen molar-refractivity contribution in [2.45, 2.75) is 55.6 Å². The van der Waals surface area contributed by atoms with Crippen molar-refractivity contribution in [1.82, 2.24) is 19.1 Å². The molecule has 7 heterocycles. The van der Waals surface area contributed by atoms with Gasteiger partial charge < -0.3 is 36.7 Å². The fraction of sp³-hybridized carbons (Fsp3) is 0.462. The maximum atomic E-state index is 16.3. The molecule has 4 aliphatic heterocycles. The van der Waals surface area contributed by atoms with E-state index in [0.717, 1.165) is 5.56 Å². The van der Waals surface area contributed by atoms with Gasteiger partial charge in [0.2, 0.25) is 15.1 Å². The Morgan fingerprint density at radius 1 is 0.917 bits per heavy atom. The van der Waals surface area contributed by atoms with Crippen molar-refractivity contribution in [3.05, 3.63) is 52.5 Å². The summed E-state index contributed by atoms with van der Waals surface area (Å²) in [7, 11) is 2.66. The minimum absolute atomic E-state index is 0.180. The molecule has 4 aromatic rings. The average molecular weight is 742 g/mol. The number of hydrogen-bond donors (Lipinski definition) is 1. The SMILES string of the molecule is [B]P1(=O)OC[C@H]2O[C@@H](n3cnc4cc(Cl)c(Cl)cc43)C(F)[C@H]2OP([B])(=O)OC[C@H]2O[C@@H](n3cc4c5c(ccnc53)NOCC4)[C@@H](F)C2O1. The second-order valence-electron chi connectivity index (χ2n) is 11.6. The first kappa shape index (κ1) is 33.1. The number of hydrogen-bond acceptors (Lipinski definition) is 12. The van der Waals surface area contributed by atoms with Gasteiger partial charge in [-0.2, -0.15) is 0 Å². The predicted octanol–water partition coefficient (Wildman–Crippen LogP) is 5.13. The summed E-state index contributed by atoms with van der Waals surface area (Å²) in [6, 6.07) is 4.67. The molecule has 4 radical (unpaired) electrons. The number of pyridine rings is 1. The van der Waals surface area contributed by atoms with Crippen molar-refractivity contribution in [3.8, 4) is 0 Å². The summed E-state index contributed by atoms with van der Waals surface area (Å²) in [4.78, 5) is 14.0. The van der Waals surface area contributed by atoms with E-state index in [0.29, 0.717) is 40.8 Å². The van der Waals surface area contributed by atoms with Gasteiger partial charge in [0, 0.05) is 24.2 Å². The van der Waals surface area contributed by atoms with E-state index in [1.54, 1.807) is 12.3 Å². The number of nitrogens with zero attached hydrogens (tertiary/aromatic N) is 4. The average Bonchev–Trinajstić information content (AvgIpc) is 3.73. The molecule has 4 aliphatic rings. The third-order valence-corrected chi connectivity index (χ3v) is 11.3. The Morgan fingerprint density at radius 3 is 2.21 bits per heavy atom. The van der Waals surface area contributed by atoms with Gasteiger partial charge in [-0.15, -0.1) is 0 Å². The highest BCUT2D eigenvalue weighted by Gasteiger charge is 2.53. The smallest absolute Gasteiger partial charge is 0.264 e. The number of ether oxygens (including phenoxy) is 2. The lowest BCUT2D eigenvalue weighted by atomic mass is 10.1. The second-order valence-corrected chi connectivity index (χ2v) is 15.5. The van der Waals surface area contributed by atoms with Gasteiger partial charge in [0.05, 0.1) is 52.9 Å². The van der Waals surface area contributed by atoms with Crippen LogP contribution in [0.15, 0.2) is 36.9 Å². The van der Waals surface area contributed by atoms with E-state index < -0.39 is 77.4 Å². The van der Waals surface area contributed by atoms with Crippen molar-refractivity contribution >= 4 is 81.0 Å². The normalized spacial score (nSPS) is 37.3. The predicted molar refractivity (Wildman–Crippen MR) is 169 cm³/mol. The van der Waals surface area contributed by atoms with Gasteiger partial charge in [-0.3, -0.25) is 19.4 Å². The van der Waals surface area contributed by atoms with Crippen LogP contribution in [0.2, 0.25) is 10.0 Å². The number of nitrogens with one attached hydrogen (secondary N) is 1. The molecule has 10 atom stereocenters. The molecule has 0 spiro atoms. The lowest BCUT2D eigenvalue weighted by Crippen LogP contribution is -2.37. The van der Waals surface area contributed by atoms with Gasteiger partial charge in [-0.05, 0) is 23.8 Å². The fourth-order valence-corrected chi connectivity index (χ4v) is 8.68. The maximum absolute atomic E-state index is 16.3. The molecule has 3 aromatic heterocycles. The molecule has 0 amide bonds. The largest absolute Gasteiger partial charge is 0.346 e. The summed E-state index contributed by atoms with van der Waals surface area (Å²) >= 11 is 12.3. The molecule has 1 N–H and O–H groups in total. The van der Waals surface area contributed by atoms with Crippen molar-refractivity contribution in [2.24, 2.45) is 0 Å². The number of rotatable bonds is 2. The molecule has 48 heavy (non-hydrogen) atoms. The number of imidazole rings is 1. The Balaban J connectivity index is 1.08. The van der Waals surface area contributed by atoms with Crippen LogP contribution in [0.5, 0.6) is 0 Å². The zero-order valence-corrected chi connectivity index (χ0v) is 27.7. The minimum Gasteiger partial charge on any atom is -0.346 e. The van der Waals surface area contributed by atoms with Crippen LogP contribution in [0, 0.1) is 0 Å². The lowest BCUT2D eigenvalue weighted by Gasteiger charge is -2.29. The molecule has 8 rings (SSSR count). The van der Waals surface area contributed by atoms with Crippen LogP contribution in [0.1, 0.15) is 18.0 Å². The highest BCUT2D eigenvalue weighted by Crippen LogP contribution is 2.54. The summed E-state index contributed by atoms with van der Waals surface area (Å²) in [5.41, 5.74) is 5.40. The van der Waals surface area contributed by atoms with E-state index >= 15 is 8.78 Å². The number of alkyl halides is 2. The Labute approximate surface area is 283 Å². The zero-order valence-electron chi connectivity index (χ0n) is 24.4. The van der Waals surface area contributed by atoms with E-state index in [9.17, 15) is 9.13 Å². The molecule has 250 valence electrons. The molecule has 3 saturated heterocycles.